The van der Waals surface area contributed by atoms with E-state index in [4.69, 9.17) is 19.3 Å². The van der Waals surface area contributed by atoms with Crippen molar-refractivity contribution in [1.82, 2.24) is 0 Å². The van der Waals surface area contributed by atoms with Crippen molar-refractivity contribution in [2.75, 3.05) is 20.8 Å². The SMILES string of the molecule is COc1cc(/C=C/c2ccc(OC)c([N+](=O)[O-])c2)cc(OCC(=O)O)c1. The molecule has 2 rings (SSSR count). The molecule has 0 amide bonds. The van der Waals surface area contributed by atoms with Gasteiger partial charge in [0.15, 0.2) is 12.4 Å². The van der Waals surface area contributed by atoms with Gasteiger partial charge in [-0.3, -0.25) is 10.1 Å². The number of methoxy groups -OCH3 is 2. The first-order valence-electron chi connectivity index (χ1n) is 7.47. The van der Waals surface area contributed by atoms with Crippen molar-refractivity contribution in [3.05, 3.63) is 57.6 Å². The minimum Gasteiger partial charge on any atom is -0.497 e. The highest BCUT2D eigenvalue weighted by Crippen LogP contribution is 2.29. The quantitative estimate of drug-likeness (QED) is 0.438. The number of nitro groups is 1. The molecule has 2 aromatic carbocycles. The van der Waals surface area contributed by atoms with E-state index in [9.17, 15) is 14.9 Å². The van der Waals surface area contributed by atoms with Crippen LogP contribution < -0.4 is 14.2 Å². The standard InChI is InChI=1S/C18H17NO7/c1-24-14-7-13(8-15(10-14)26-11-18(20)21)4-3-12-5-6-17(25-2)16(9-12)19(22)23/h3-10H,11H2,1-2H3,(H,20,21)/b4-3+. The van der Waals surface area contributed by atoms with E-state index in [1.54, 1.807) is 36.4 Å². The summed E-state index contributed by atoms with van der Waals surface area (Å²) in [6, 6.07) is 9.53. The Morgan fingerprint density at radius 1 is 1.08 bits per heavy atom. The predicted molar refractivity (Wildman–Crippen MR) is 94.7 cm³/mol. The van der Waals surface area contributed by atoms with E-state index in [1.165, 1.54) is 26.4 Å². The summed E-state index contributed by atoms with van der Waals surface area (Å²) in [6.07, 6.45) is 3.39. The highest BCUT2D eigenvalue weighted by molar-refractivity contribution is 5.73. The van der Waals surface area contributed by atoms with Gasteiger partial charge in [0, 0.05) is 12.1 Å². The molecular weight excluding hydrogens is 342 g/mol. The molecule has 0 saturated heterocycles. The lowest BCUT2D eigenvalue weighted by atomic mass is 10.1. The average molecular weight is 359 g/mol. The molecule has 0 radical (unpaired) electrons. The maximum Gasteiger partial charge on any atom is 0.341 e. The number of carboxylic acid groups (broad SMARTS) is 1. The summed E-state index contributed by atoms with van der Waals surface area (Å²) in [6.45, 7) is -0.471. The lowest BCUT2D eigenvalue weighted by Gasteiger charge is -2.08. The summed E-state index contributed by atoms with van der Waals surface area (Å²) in [5, 5.41) is 19.8. The van der Waals surface area contributed by atoms with Crippen LogP contribution in [0.5, 0.6) is 17.2 Å². The van der Waals surface area contributed by atoms with Crippen LogP contribution in [0.4, 0.5) is 5.69 Å². The number of nitrogens with zero attached hydrogens (tertiary/aromatic N) is 1. The van der Waals surface area contributed by atoms with Gasteiger partial charge in [-0.05, 0) is 29.3 Å². The second-order valence-electron chi connectivity index (χ2n) is 5.15. The number of carbonyl (C=O) groups is 1. The summed E-state index contributed by atoms with van der Waals surface area (Å²) >= 11 is 0. The molecule has 0 heterocycles. The molecule has 0 aromatic heterocycles. The summed E-state index contributed by atoms with van der Waals surface area (Å²) in [5.74, 6) is -0.0753. The van der Waals surface area contributed by atoms with Crippen LogP contribution in [0.1, 0.15) is 11.1 Å². The van der Waals surface area contributed by atoms with Crippen LogP contribution in [-0.2, 0) is 4.79 Å². The Labute approximate surface area is 149 Å². The van der Waals surface area contributed by atoms with Gasteiger partial charge >= 0.3 is 11.7 Å². The molecule has 0 spiro atoms. The molecule has 1 N–H and O–H groups in total. The summed E-state index contributed by atoms with van der Waals surface area (Å²) in [5.41, 5.74) is 1.15. The van der Waals surface area contributed by atoms with Crippen molar-refractivity contribution in [2.45, 2.75) is 0 Å². The van der Waals surface area contributed by atoms with Crippen LogP contribution in [0.25, 0.3) is 12.2 Å². The fourth-order valence-corrected chi connectivity index (χ4v) is 2.18. The van der Waals surface area contributed by atoms with E-state index < -0.39 is 17.5 Å². The van der Waals surface area contributed by atoms with E-state index in [0.29, 0.717) is 22.6 Å². The topological polar surface area (TPSA) is 108 Å². The minimum atomic E-state index is -1.09. The van der Waals surface area contributed by atoms with Crippen LogP contribution in [0.15, 0.2) is 36.4 Å². The van der Waals surface area contributed by atoms with Crippen molar-refractivity contribution in [1.29, 1.82) is 0 Å². The van der Waals surface area contributed by atoms with Gasteiger partial charge in [-0.15, -0.1) is 0 Å². The Balaban J connectivity index is 2.29. The zero-order valence-corrected chi connectivity index (χ0v) is 14.2. The van der Waals surface area contributed by atoms with E-state index in [1.807, 2.05) is 0 Å². The van der Waals surface area contributed by atoms with Crippen LogP contribution in [0.2, 0.25) is 0 Å². The zero-order valence-electron chi connectivity index (χ0n) is 14.2. The van der Waals surface area contributed by atoms with Gasteiger partial charge in [0.2, 0.25) is 0 Å². The molecule has 0 unspecified atom stereocenters. The molecule has 0 bridgehead atoms. The predicted octanol–water partition coefficient (Wildman–Crippen LogP) is 3.25. The van der Waals surface area contributed by atoms with Crippen molar-refractivity contribution in [3.63, 3.8) is 0 Å². The molecule has 136 valence electrons. The molecule has 0 aliphatic rings. The number of benzene rings is 2. The molecule has 2 aromatic rings. The van der Waals surface area contributed by atoms with E-state index in [2.05, 4.69) is 0 Å². The van der Waals surface area contributed by atoms with Crippen LogP contribution in [-0.4, -0.2) is 36.8 Å². The largest absolute Gasteiger partial charge is 0.497 e. The third-order valence-electron chi connectivity index (χ3n) is 3.37. The number of rotatable bonds is 8. The first-order valence-corrected chi connectivity index (χ1v) is 7.47. The van der Waals surface area contributed by atoms with Gasteiger partial charge in [0.05, 0.1) is 19.1 Å². The number of carboxylic acids is 1. The lowest BCUT2D eigenvalue weighted by molar-refractivity contribution is -0.385. The molecular formula is C18H17NO7. The average Bonchev–Trinajstić information content (AvgIpc) is 2.64. The van der Waals surface area contributed by atoms with Crippen molar-refractivity contribution < 1.29 is 29.0 Å². The molecule has 26 heavy (non-hydrogen) atoms. The third-order valence-corrected chi connectivity index (χ3v) is 3.37. The highest BCUT2D eigenvalue weighted by atomic mass is 16.6. The van der Waals surface area contributed by atoms with E-state index in [-0.39, 0.29) is 11.4 Å². The minimum absolute atomic E-state index is 0.134. The van der Waals surface area contributed by atoms with Gasteiger partial charge in [-0.25, -0.2) is 4.79 Å². The van der Waals surface area contributed by atoms with Gasteiger partial charge in [0.1, 0.15) is 11.5 Å². The molecule has 0 aliphatic carbocycles. The maximum absolute atomic E-state index is 11.1. The number of hydrogen-bond donors (Lipinski definition) is 1. The van der Waals surface area contributed by atoms with Gasteiger partial charge in [0.25, 0.3) is 0 Å². The van der Waals surface area contributed by atoms with Crippen LogP contribution >= 0.6 is 0 Å². The smallest absolute Gasteiger partial charge is 0.341 e. The Bertz CT molecular complexity index is 845. The molecule has 0 saturated carbocycles. The Kier molecular flexibility index (Phi) is 6.15. The van der Waals surface area contributed by atoms with Crippen LogP contribution in [0.3, 0.4) is 0 Å². The van der Waals surface area contributed by atoms with Gasteiger partial charge in [-0.2, -0.15) is 0 Å². The zero-order chi connectivity index (χ0) is 19.1. The lowest BCUT2D eigenvalue weighted by Crippen LogP contribution is -2.09. The van der Waals surface area contributed by atoms with E-state index in [0.717, 1.165) is 0 Å². The van der Waals surface area contributed by atoms with Crippen LogP contribution in [0, 0.1) is 10.1 Å². The molecule has 0 fully saturated rings. The van der Waals surface area contributed by atoms with Crippen molar-refractivity contribution in [2.24, 2.45) is 0 Å². The first-order chi connectivity index (χ1) is 12.4. The summed E-state index contributed by atoms with van der Waals surface area (Å²) in [4.78, 5) is 21.2. The van der Waals surface area contributed by atoms with Gasteiger partial charge in [-0.1, -0.05) is 18.2 Å². The molecule has 8 heteroatoms. The molecule has 0 aliphatic heterocycles. The second-order valence-corrected chi connectivity index (χ2v) is 5.15. The molecule has 0 atom stereocenters. The fourth-order valence-electron chi connectivity index (χ4n) is 2.18. The third kappa shape index (κ3) is 4.97. The van der Waals surface area contributed by atoms with Crippen molar-refractivity contribution in [3.8, 4) is 17.2 Å². The molecule has 8 nitrogen and oxygen atoms in total. The first kappa shape index (κ1) is 18.8. The Morgan fingerprint density at radius 2 is 1.77 bits per heavy atom. The summed E-state index contributed by atoms with van der Waals surface area (Å²) < 4.78 is 15.3. The fraction of sp³-hybridized carbons (Fsp3) is 0.167. The Hall–Kier alpha value is -3.55. The number of hydrogen-bond acceptors (Lipinski definition) is 6. The number of aliphatic carboxylic acids is 1. The van der Waals surface area contributed by atoms with E-state index >= 15 is 0 Å². The monoisotopic (exact) mass is 359 g/mol. The maximum atomic E-state index is 11.1. The van der Waals surface area contributed by atoms with Crippen molar-refractivity contribution >= 4 is 23.8 Å². The normalized spacial score (nSPS) is 10.5. The second kappa shape index (κ2) is 8.52. The summed E-state index contributed by atoms with van der Waals surface area (Å²) in [7, 11) is 2.85. The highest BCUT2D eigenvalue weighted by Gasteiger charge is 2.14. The number of ether oxygens (including phenoxy) is 3. The number of nitro benzene ring substituents is 1. The Morgan fingerprint density at radius 3 is 2.38 bits per heavy atom. The van der Waals surface area contributed by atoms with Gasteiger partial charge < -0.3 is 19.3 Å².